The maximum Gasteiger partial charge on any atom is 0.152 e. The molecule has 0 spiro atoms. The number of hydrogen-bond acceptors (Lipinski definition) is 1. The van der Waals surface area contributed by atoms with E-state index in [0.717, 1.165) is 0 Å². The van der Waals surface area contributed by atoms with Crippen LogP contribution in [0.15, 0.2) is 24.3 Å². The molecule has 0 amide bonds. The van der Waals surface area contributed by atoms with E-state index in [4.69, 9.17) is 0 Å². The van der Waals surface area contributed by atoms with Crippen molar-refractivity contribution < 1.29 is 4.79 Å². The molecule has 0 bridgehead atoms. The zero-order valence-corrected chi connectivity index (χ0v) is 10.3. The first-order valence-electron chi connectivity index (χ1n) is 5.72. The van der Waals surface area contributed by atoms with Crippen molar-refractivity contribution in [3.8, 4) is 0 Å². The Morgan fingerprint density at radius 1 is 1.53 bits per heavy atom. The third kappa shape index (κ3) is 2.80. The molecule has 0 aromatic rings. The predicted molar refractivity (Wildman–Crippen MR) is 64.6 cm³/mol. The Hall–Kier alpha value is -0.850. The fraction of sp³-hybridized carbons (Fsp3) is 0.643. The molecular weight excluding hydrogens is 184 g/mol. The Balaban J connectivity index is 2.84. The van der Waals surface area contributed by atoms with Crippen molar-refractivity contribution in [2.24, 2.45) is 17.3 Å². The number of ketones is 1. The van der Waals surface area contributed by atoms with Crippen LogP contribution in [0.5, 0.6) is 0 Å². The van der Waals surface area contributed by atoms with Gasteiger partial charge in [0.1, 0.15) is 0 Å². The monoisotopic (exact) mass is 206 g/mol. The summed E-state index contributed by atoms with van der Waals surface area (Å²) in [7, 11) is 0. The second-order valence-corrected chi connectivity index (χ2v) is 5.42. The molecule has 0 radical (unpaired) electrons. The molecule has 2 atom stereocenters. The molecule has 84 valence electrons. The smallest absolute Gasteiger partial charge is 0.152 e. The predicted octanol–water partition coefficient (Wildman–Crippen LogP) is 3.76. The van der Waals surface area contributed by atoms with Gasteiger partial charge in [-0.15, -0.1) is 0 Å². The third-order valence-electron chi connectivity index (χ3n) is 3.65. The summed E-state index contributed by atoms with van der Waals surface area (Å²) in [5.41, 5.74) is 1.50. The van der Waals surface area contributed by atoms with Crippen molar-refractivity contribution in [3.63, 3.8) is 0 Å². The van der Waals surface area contributed by atoms with Gasteiger partial charge >= 0.3 is 0 Å². The van der Waals surface area contributed by atoms with Crippen LogP contribution in [0, 0.1) is 17.3 Å². The van der Waals surface area contributed by atoms with Crippen LogP contribution in [0.25, 0.3) is 0 Å². The molecule has 0 aromatic carbocycles. The minimum atomic E-state index is 0.123. The summed E-state index contributed by atoms with van der Waals surface area (Å²) in [5, 5.41) is 0. The molecule has 15 heavy (non-hydrogen) atoms. The number of carbonyl (C=O) groups is 1. The quantitative estimate of drug-likeness (QED) is 0.496. The van der Waals surface area contributed by atoms with Gasteiger partial charge in [0.05, 0.1) is 0 Å². The average molecular weight is 206 g/mol. The minimum absolute atomic E-state index is 0.123. The van der Waals surface area contributed by atoms with Crippen LogP contribution in [-0.4, -0.2) is 5.78 Å². The highest BCUT2D eigenvalue weighted by atomic mass is 16.1. The molecule has 1 fully saturated rings. The van der Waals surface area contributed by atoms with Gasteiger partial charge in [0.15, 0.2) is 5.78 Å². The average Bonchev–Trinajstić information content (AvgIpc) is 2.12. The van der Waals surface area contributed by atoms with Crippen LogP contribution < -0.4 is 0 Å². The van der Waals surface area contributed by atoms with E-state index in [-0.39, 0.29) is 11.2 Å². The fourth-order valence-corrected chi connectivity index (χ4v) is 2.27. The van der Waals surface area contributed by atoms with Gasteiger partial charge < -0.3 is 0 Å². The summed E-state index contributed by atoms with van der Waals surface area (Å²) < 4.78 is 0. The normalized spacial score (nSPS) is 30.8. The summed E-state index contributed by atoms with van der Waals surface area (Å²) in [4.78, 5) is 10.9. The first kappa shape index (κ1) is 12.2. The van der Waals surface area contributed by atoms with E-state index in [0.29, 0.717) is 11.8 Å². The van der Waals surface area contributed by atoms with E-state index in [2.05, 4.69) is 27.4 Å². The van der Waals surface area contributed by atoms with Crippen LogP contribution in [0.2, 0.25) is 0 Å². The molecule has 0 saturated heterocycles. The first-order valence-corrected chi connectivity index (χ1v) is 5.72. The van der Waals surface area contributed by atoms with Gasteiger partial charge in [0.2, 0.25) is 0 Å². The highest BCUT2D eigenvalue weighted by Gasteiger charge is 2.34. The van der Waals surface area contributed by atoms with E-state index in [1.54, 1.807) is 13.0 Å². The lowest BCUT2D eigenvalue weighted by Crippen LogP contribution is -2.30. The maximum absolute atomic E-state index is 10.9. The highest BCUT2D eigenvalue weighted by Crippen LogP contribution is 2.45. The topological polar surface area (TPSA) is 17.1 Å². The van der Waals surface area contributed by atoms with Crippen molar-refractivity contribution in [3.05, 3.63) is 24.3 Å². The van der Waals surface area contributed by atoms with Gasteiger partial charge in [-0.05, 0) is 37.2 Å². The van der Waals surface area contributed by atoms with E-state index in [1.807, 2.05) is 6.08 Å². The van der Waals surface area contributed by atoms with Crippen LogP contribution in [0.1, 0.15) is 40.5 Å². The van der Waals surface area contributed by atoms with Crippen LogP contribution >= 0.6 is 0 Å². The molecule has 1 aliphatic rings. The molecule has 1 nitrogen and oxygen atoms in total. The summed E-state index contributed by atoms with van der Waals surface area (Å²) in [6.45, 7) is 12.5. The molecule has 1 saturated carbocycles. The molecule has 1 rings (SSSR count). The lowest BCUT2D eigenvalue weighted by Gasteiger charge is -2.40. The summed E-state index contributed by atoms with van der Waals surface area (Å²) in [5.74, 6) is 1.11. The molecule has 0 aliphatic heterocycles. The van der Waals surface area contributed by atoms with E-state index < -0.39 is 0 Å². The van der Waals surface area contributed by atoms with Gasteiger partial charge in [-0.25, -0.2) is 0 Å². The zero-order chi connectivity index (χ0) is 11.6. The summed E-state index contributed by atoms with van der Waals surface area (Å²) >= 11 is 0. The molecular formula is C14H22O. The molecule has 1 aliphatic carbocycles. The Kier molecular flexibility index (Phi) is 3.54. The number of hydrogen-bond donors (Lipinski definition) is 0. The Morgan fingerprint density at radius 3 is 2.67 bits per heavy atom. The minimum Gasteiger partial charge on any atom is -0.295 e. The van der Waals surface area contributed by atoms with Crippen molar-refractivity contribution in [1.29, 1.82) is 0 Å². The molecule has 0 heterocycles. The number of carbonyl (C=O) groups excluding carboxylic acids is 1. The highest BCUT2D eigenvalue weighted by molar-refractivity contribution is 5.87. The molecule has 1 heteroatoms. The standard InChI is InChI=1S/C14H22O/c1-10-8-9-14(4,5)12(3)13(10)7-6-11(2)15/h6-7,10,13H,3,8-9H2,1-2,4-5H3/t10-,13+/m0/s1. The second-order valence-electron chi connectivity index (χ2n) is 5.42. The van der Waals surface area contributed by atoms with E-state index in [9.17, 15) is 4.79 Å². The fourth-order valence-electron chi connectivity index (χ4n) is 2.27. The molecule has 0 N–H and O–H groups in total. The zero-order valence-electron chi connectivity index (χ0n) is 10.3. The Bertz CT molecular complexity index is 296. The Morgan fingerprint density at radius 2 is 2.13 bits per heavy atom. The van der Waals surface area contributed by atoms with Crippen LogP contribution in [0.3, 0.4) is 0 Å². The SMILES string of the molecule is C=C1[C@H](C=CC(C)=O)[C@@H](C)CCC1(C)C. The van der Waals surface area contributed by atoms with Crippen molar-refractivity contribution in [2.75, 3.05) is 0 Å². The summed E-state index contributed by atoms with van der Waals surface area (Å²) in [6, 6.07) is 0. The van der Waals surface area contributed by atoms with Crippen molar-refractivity contribution in [2.45, 2.75) is 40.5 Å². The largest absolute Gasteiger partial charge is 0.295 e. The van der Waals surface area contributed by atoms with E-state index >= 15 is 0 Å². The number of rotatable bonds is 2. The van der Waals surface area contributed by atoms with Crippen LogP contribution in [-0.2, 0) is 4.79 Å². The van der Waals surface area contributed by atoms with Gasteiger partial charge in [-0.3, -0.25) is 4.79 Å². The lowest BCUT2D eigenvalue weighted by atomic mass is 9.64. The first-order chi connectivity index (χ1) is 6.84. The maximum atomic E-state index is 10.9. The third-order valence-corrected chi connectivity index (χ3v) is 3.65. The van der Waals surface area contributed by atoms with Crippen LogP contribution in [0.4, 0.5) is 0 Å². The molecule has 0 aromatic heterocycles. The number of allylic oxidation sites excluding steroid dienone is 3. The van der Waals surface area contributed by atoms with Crippen molar-refractivity contribution >= 4 is 5.78 Å². The Labute approximate surface area is 93.3 Å². The van der Waals surface area contributed by atoms with Gasteiger partial charge in [0.25, 0.3) is 0 Å². The van der Waals surface area contributed by atoms with Gasteiger partial charge in [-0.2, -0.15) is 0 Å². The van der Waals surface area contributed by atoms with Gasteiger partial charge in [0, 0.05) is 5.92 Å². The van der Waals surface area contributed by atoms with Crippen molar-refractivity contribution in [1.82, 2.24) is 0 Å². The lowest BCUT2D eigenvalue weighted by molar-refractivity contribution is -0.112. The summed E-state index contributed by atoms with van der Waals surface area (Å²) in [6.07, 6.45) is 6.15. The van der Waals surface area contributed by atoms with E-state index in [1.165, 1.54) is 18.4 Å². The second kappa shape index (κ2) is 4.34. The molecule has 0 unspecified atom stereocenters. The van der Waals surface area contributed by atoms with Gasteiger partial charge in [-0.1, -0.05) is 39.0 Å².